The van der Waals surface area contributed by atoms with Gasteiger partial charge in [0.2, 0.25) is 0 Å². The van der Waals surface area contributed by atoms with E-state index in [-0.39, 0.29) is 21.7 Å². The fourth-order valence-corrected chi connectivity index (χ4v) is 4.27. The molecule has 0 aliphatic carbocycles. The van der Waals surface area contributed by atoms with Gasteiger partial charge in [0.05, 0.1) is 15.7 Å². The first-order valence-corrected chi connectivity index (χ1v) is 8.68. The summed E-state index contributed by atoms with van der Waals surface area (Å²) in [4.78, 5) is 0.180. The first-order chi connectivity index (χ1) is 9.94. The van der Waals surface area contributed by atoms with Crippen molar-refractivity contribution in [1.29, 1.82) is 0 Å². The molecule has 21 heavy (non-hydrogen) atoms. The maximum Gasteiger partial charge on any atom is 0.181 e. The third-order valence-corrected chi connectivity index (χ3v) is 5.63. The van der Waals surface area contributed by atoms with Gasteiger partial charge >= 0.3 is 0 Å². The van der Waals surface area contributed by atoms with Crippen LogP contribution in [-0.2, 0) is 9.84 Å². The number of halogens is 1. The maximum atomic E-state index is 12.5. The van der Waals surface area contributed by atoms with Crippen LogP contribution >= 0.6 is 11.6 Å². The molecular weight excluding hydrogens is 306 g/mol. The second-order valence-corrected chi connectivity index (χ2v) is 7.37. The minimum absolute atomic E-state index is 0.0315. The molecule has 112 valence electrons. The molecule has 0 bridgehead atoms. The molecule has 0 radical (unpaired) electrons. The monoisotopic (exact) mass is 323 g/mol. The van der Waals surface area contributed by atoms with Crippen LogP contribution in [0.1, 0.15) is 17.2 Å². The molecule has 2 rings (SSSR count). The van der Waals surface area contributed by atoms with Gasteiger partial charge in [-0.1, -0.05) is 53.6 Å². The van der Waals surface area contributed by atoms with Gasteiger partial charge in [0.1, 0.15) is 0 Å². The van der Waals surface area contributed by atoms with Gasteiger partial charge in [0.25, 0.3) is 0 Å². The van der Waals surface area contributed by atoms with E-state index in [1.807, 2.05) is 31.2 Å². The molecule has 1 unspecified atom stereocenters. The van der Waals surface area contributed by atoms with Crippen molar-refractivity contribution in [1.82, 2.24) is 5.32 Å². The Morgan fingerprint density at radius 3 is 2.29 bits per heavy atom. The Morgan fingerprint density at radius 1 is 1.10 bits per heavy atom. The van der Waals surface area contributed by atoms with Crippen molar-refractivity contribution in [2.75, 3.05) is 12.8 Å². The average molecular weight is 324 g/mol. The molecule has 0 heterocycles. The van der Waals surface area contributed by atoms with Crippen molar-refractivity contribution >= 4 is 21.4 Å². The third-order valence-electron chi connectivity index (χ3n) is 3.39. The zero-order valence-corrected chi connectivity index (χ0v) is 13.6. The second kappa shape index (κ2) is 6.60. The Balaban J connectivity index is 2.30. The SMILES string of the molecule is CNC(CS(=O)(=O)c1ccccc1Cl)c1ccc(C)cc1. The maximum absolute atomic E-state index is 12.5. The van der Waals surface area contributed by atoms with Gasteiger partial charge in [0, 0.05) is 6.04 Å². The van der Waals surface area contributed by atoms with Crippen LogP contribution in [0.25, 0.3) is 0 Å². The molecule has 1 N–H and O–H groups in total. The van der Waals surface area contributed by atoms with Crippen LogP contribution in [0.2, 0.25) is 5.02 Å². The van der Waals surface area contributed by atoms with Crippen LogP contribution in [0, 0.1) is 6.92 Å². The third kappa shape index (κ3) is 3.84. The molecule has 0 saturated carbocycles. The summed E-state index contributed by atoms with van der Waals surface area (Å²) >= 11 is 6.00. The molecule has 3 nitrogen and oxygen atoms in total. The van der Waals surface area contributed by atoms with Gasteiger partial charge in [0.15, 0.2) is 9.84 Å². The van der Waals surface area contributed by atoms with E-state index in [1.165, 1.54) is 0 Å². The summed E-state index contributed by atoms with van der Waals surface area (Å²) in [5.74, 6) is -0.0315. The number of rotatable bonds is 5. The summed E-state index contributed by atoms with van der Waals surface area (Å²) in [6.07, 6.45) is 0. The van der Waals surface area contributed by atoms with Crippen molar-refractivity contribution in [3.8, 4) is 0 Å². The highest BCUT2D eigenvalue weighted by Gasteiger charge is 2.23. The van der Waals surface area contributed by atoms with E-state index in [1.54, 1.807) is 31.3 Å². The molecule has 0 fully saturated rings. The van der Waals surface area contributed by atoms with Crippen LogP contribution in [0.4, 0.5) is 0 Å². The smallest absolute Gasteiger partial charge is 0.181 e. The fraction of sp³-hybridized carbons (Fsp3) is 0.250. The number of benzene rings is 2. The first-order valence-electron chi connectivity index (χ1n) is 6.65. The van der Waals surface area contributed by atoms with Crippen LogP contribution < -0.4 is 5.32 Å². The molecule has 0 aliphatic heterocycles. The van der Waals surface area contributed by atoms with E-state index < -0.39 is 9.84 Å². The van der Waals surface area contributed by atoms with E-state index >= 15 is 0 Å². The Bertz CT molecular complexity index is 711. The van der Waals surface area contributed by atoms with Crippen molar-refractivity contribution in [2.45, 2.75) is 17.9 Å². The fourth-order valence-electron chi connectivity index (χ4n) is 2.15. The Hall–Kier alpha value is -1.36. The molecule has 0 spiro atoms. The quantitative estimate of drug-likeness (QED) is 0.917. The molecule has 2 aromatic rings. The summed E-state index contributed by atoms with van der Waals surface area (Å²) in [6, 6.07) is 14.1. The highest BCUT2D eigenvalue weighted by atomic mass is 35.5. The van der Waals surface area contributed by atoms with E-state index in [9.17, 15) is 8.42 Å². The molecule has 5 heteroatoms. The first kappa shape index (κ1) is 16.0. The minimum atomic E-state index is -3.45. The lowest BCUT2D eigenvalue weighted by atomic mass is 10.1. The number of hydrogen-bond acceptors (Lipinski definition) is 3. The van der Waals surface area contributed by atoms with Crippen LogP contribution in [0.3, 0.4) is 0 Å². The topological polar surface area (TPSA) is 46.2 Å². The lowest BCUT2D eigenvalue weighted by Gasteiger charge is -2.17. The number of aryl methyl sites for hydroxylation is 1. The van der Waals surface area contributed by atoms with Gasteiger partial charge in [-0.3, -0.25) is 0 Å². The lowest BCUT2D eigenvalue weighted by molar-refractivity contribution is 0.574. The Labute approximate surface area is 130 Å². The molecular formula is C16H18ClNO2S. The lowest BCUT2D eigenvalue weighted by Crippen LogP contribution is -2.25. The predicted molar refractivity (Wildman–Crippen MR) is 86.5 cm³/mol. The molecule has 2 aromatic carbocycles. The summed E-state index contributed by atoms with van der Waals surface area (Å²) in [5, 5.41) is 3.32. The minimum Gasteiger partial charge on any atom is -0.312 e. The van der Waals surface area contributed by atoms with E-state index in [4.69, 9.17) is 11.6 Å². The standard InChI is InChI=1S/C16H18ClNO2S/c1-12-7-9-13(10-8-12)15(18-2)11-21(19,20)16-6-4-3-5-14(16)17/h3-10,15,18H,11H2,1-2H3. The number of nitrogens with one attached hydrogen (secondary N) is 1. The molecule has 0 aromatic heterocycles. The van der Waals surface area contributed by atoms with Gasteiger partial charge in [-0.2, -0.15) is 0 Å². The van der Waals surface area contributed by atoms with Crippen molar-refractivity contribution in [2.24, 2.45) is 0 Å². The van der Waals surface area contributed by atoms with Crippen molar-refractivity contribution < 1.29 is 8.42 Å². The van der Waals surface area contributed by atoms with Crippen molar-refractivity contribution in [3.63, 3.8) is 0 Å². The summed E-state index contributed by atoms with van der Waals surface area (Å²) in [6.45, 7) is 2.00. The Kier molecular flexibility index (Phi) is 5.04. The largest absolute Gasteiger partial charge is 0.312 e. The van der Waals surface area contributed by atoms with Crippen LogP contribution in [0.5, 0.6) is 0 Å². The molecule has 0 amide bonds. The van der Waals surface area contributed by atoms with Gasteiger partial charge in [-0.05, 0) is 31.7 Å². The zero-order chi connectivity index (χ0) is 15.5. The van der Waals surface area contributed by atoms with E-state index in [2.05, 4.69) is 5.32 Å². The van der Waals surface area contributed by atoms with Gasteiger partial charge in [-0.15, -0.1) is 0 Å². The second-order valence-electron chi connectivity index (χ2n) is 4.96. The molecule has 1 atom stereocenters. The van der Waals surface area contributed by atoms with Crippen LogP contribution in [0.15, 0.2) is 53.4 Å². The number of sulfone groups is 1. The zero-order valence-electron chi connectivity index (χ0n) is 12.0. The summed E-state index contributed by atoms with van der Waals surface area (Å²) in [7, 11) is -1.70. The highest BCUT2D eigenvalue weighted by molar-refractivity contribution is 7.91. The average Bonchev–Trinajstić information content (AvgIpc) is 2.46. The van der Waals surface area contributed by atoms with Gasteiger partial charge < -0.3 is 5.32 Å². The summed E-state index contributed by atoms with van der Waals surface area (Å²) in [5.41, 5.74) is 2.08. The Morgan fingerprint density at radius 2 is 1.71 bits per heavy atom. The molecule has 0 aliphatic rings. The van der Waals surface area contributed by atoms with Crippen LogP contribution in [-0.4, -0.2) is 21.2 Å². The van der Waals surface area contributed by atoms with Gasteiger partial charge in [-0.25, -0.2) is 8.42 Å². The van der Waals surface area contributed by atoms with Crippen molar-refractivity contribution in [3.05, 3.63) is 64.7 Å². The normalized spacial score (nSPS) is 13.1. The van der Waals surface area contributed by atoms with E-state index in [0.717, 1.165) is 11.1 Å². The number of hydrogen-bond donors (Lipinski definition) is 1. The predicted octanol–water partition coefficient (Wildman–Crippen LogP) is 3.38. The highest BCUT2D eigenvalue weighted by Crippen LogP contribution is 2.25. The molecule has 0 saturated heterocycles. The van der Waals surface area contributed by atoms with E-state index in [0.29, 0.717) is 0 Å². The summed E-state index contributed by atoms with van der Waals surface area (Å²) < 4.78 is 25.1.